The van der Waals surface area contributed by atoms with E-state index in [1.165, 1.54) is 16.7 Å². The van der Waals surface area contributed by atoms with E-state index in [1.807, 2.05) is 18.2 Å². The number of urea groups is 1. The van der Waals surface area contributed by atoms with Gasteiger partial charge in [-0.25, -0.2) is 4.79 Å². The summed E-state index contributed by atoms with van der Waals surface area (Å²) in [5.41, 5.74) is 1.06. The van der Waals surface area contributed by atoms with Gasteiger partial charge < -0.3 is 20.5 Å². The zero-order valence-electron chi connectivity index (χ0n) is 12.6. The molecule has 7 nitrogen and oxygen atoms in total. The van der Waals surface area contributed by atoms with Gasteiger partial charge in [-0.3, -0.25) is 9.59 Å². The van der Waals surface area contributed by atoms with Gasteiger partial charge in [0.05, 0.1) is 12.2 Å². The van der Waals surface area contributed by atoms with E-state index in [0.717, 1.165) is 5.56 Å². The van der Waals surface area contributed by atoms with E-state index < -0.39 is 6.04 Å². The number of hydrogen-bond donors (Lipinski definition) is 3. The minimum atomic E-state index is -0.638. The summed E-state index contributed by atoms with van der Waals surface area (Å²) in [6.07, 6.45) is 1.55. The van der Waals surface area contributed by atoms with Crippen LogP contribution < -0.4 is 21.5 Å². The summed E-state index contributed by atoms with van der Waals surface area (Å²) in [5, 5.41) is 8.27. The largest absolute Gasteiger partial charge is 0.336 e. The number of halogens is 1. The van der Waals surface area contributed by atoms with E-state index >= 15 is 0 Å². The molecule has 1 aliphatic rings. The summed E-state index contributed by atoms with van der Waals surface area (Å²) in [6.45, 7) is 0.522. The van der Waals surface area contributed by atoms with Crippen molar-refractivity contribution >= 4 is 29.2 Å². The monoisotopic (exact) mass is 346 g/mol. The van der Waals surface area contributed by atoms with Crippen LogP contribution in [0.5, 0.6) is 0 Å². The molecule has 0 aliphatic carbocycles. The molecule has 2 heterocycles. The molecule has 24 heavy (non-hydrogen) atoms. The Morgan fingerprint density at radius 1 is 1.25 bits per heavy atom. The Bertz CT molecular complexity index is 849. The third-order valence-electron chi connectivity index (χ3n) is 3.64. The summed E-state index contributed by atoms with van der Waals surface area (Å²) in [6, 6.07) is 9.12. The van der Waals surface area contributed by atoms with Gasteiger partial charge in [-0.2, -0.15) is 0 Å². The van der Waals surface area contributed by atoms with Crippen LogP contribution in [-0.4, -0.2) is 29.1 Å². The summed E-state index contributed by atoms with van der Waals surface area (Å²) in [5.74, 6) is -0.351. The molecule has 0 bridgehead atoms. The molecule has 1 atom stereocenters. The van der Waals surface area contributed by atoms with Gasteiger partial charge in [-0.15, -0.1) is 0 Å². The van der Waals surface area contributed by atoms with Gasteiger partial charge in [0.2, 0.25) is 5.91 Å². The van der Waals surface area contributed by atoms with Crippen molar-refractivity contribution in [3.63, 3.8) is 0 Å². The first-order chi connectivity index (χ1) is 11.5. The number of nitrogens with one attached hydrogen (secondary N) is 3. The van der Waals surface area contributed by atoms with Crippen molar-refractivity contribution in [2.24, 2.45) is 0 Å². The topological polar surface area (TPSA) is 92.2 Å². The Hall–Kier alpha value is -2.80. The van der Waals surface area contributed by atoms with Crippen LogP contribution >= 0.6 is 11.6 Å². The van der Waals surface area contributed by atoms with E-state index in [9.17, 15) is 14.4 Å². The quantitative estimate of drug-likeness (QED) is 0.776. The van der Waals surface area contributed by atoms with Gasteiger partial charge in [0.15, 0.2) is 0 Å². The maximum absolute atomic E-state index is 12.1. The standard InChI is InChI=1S/C16H15ClN4O3/c17-12-4-2-1-3-10(12)8-21-9-11(5-6-14(21)22)19-15(23)13-7-18-16(24)20-13/h1-6,9,13H,7-8H2,(H,19,23)(H2,18,20,24)/t13-/m0/s1. The fraction of sp³-hybridized carbons (Fsp3) is 0.188. The van der Waals surface area contributed by atoms with E-state index in [2.05, 4.69) is 16.0 Å². The first-order valence-corrected chi connectivity index (χ1v) is 7.70. The lowest BCUT2D eigenvalue weighted by atomic mass is 10.2. The molecule has 1 aromatic heterocycles. The minimum absolute atomic E-state index is 0.205. The van der Waals surface area contributed by atoms with Crippen LogP contribution in [0.25, 0.3) is 0 Å². The molecule has 124 valence electrons. The highest BCUT2D eigenvalue weighted by molar-refractivity contribution is 6.31. The van der Waals surface area contributed by atoms with Crippen LogP contribution in [0, 0.1) is 0 Å². The molecule has 3 N–H and O–H groups in total. The molecule has 1 aromatic carbocycles. The molecule has 3 amide bonds. The predicted octanol–water partition coefficient (Wildman–Crippen LogP) is 1.17. The predicted molar refractivity (Wildman–Crippen MR) is 90.2 cm³/mol. The first kappa shape index (κ1) is 16.1. The fourth-order valence-electron chi connectivity index (χ4n) is 2.38. The highest BCUT2D eigenvalue weighted by Gasteiger charge is 2.26. The van der Waals surface area contributed by atoms with Crippen LogP contribution in [0.3, 0.4) is 0 Å². The number of carbonyl (C=O) groups excluding carboxylic acids is 2. The Morgan fingerprint density at radius 2 is 2.04 bits per heavy atom. The van der Waals surface area contributed by atoms with Gasteiger partial charge in [0.1, 0.15) is 6.04 Å². The molecular weight excluding hydrogens is 332 g/mol. The van der Waals surface area contributed by atoms with Gasteiger partial charge in [-0.05, 0) is 17.7 Å². The molecule has 0 spiro atoms. The number of pyridine rings is 1. The van der Waals surface area contributed by atoms with Crippen molar-refractivity contribution in [1.29, 1.82) is 0 Å². The van der Waals surface area contributed by atoms with Gasteiger partial charge in [0, 0.05) is 23.8 Å². The van der Waals surface area contributed by atoms with E-state index in [-0.39, 0.29) is 24.0 Å². The third-order valence-corrected chi connectivity index (χ3v) is 4.01. The number of benzene rings is 1. The van der Waals surface area contributed by atoms with E-state index in [1.54, 1.807) is 12.3 Å². The van der Waals surface area contributed by atoms with Crippen molar-refractivity contribution in [3.8, 4) is 0 Å². The Morgan fingerprint density at radius 3 is 2.75 bits per heavy atom. The number of aromatic nitrogens is 1. The van der Waals surface area contributed by atoms with Crippen molar-refractivity contribution in [2.75, 3.05) is 11.9 Å². The molecule has 1 aliphatic heterocycles. The van der Waals surface area contributed by atoms with Gasteiger partial charge >= 0.3 is 6.03 Å². The van der Waals surface area contributed by atoms with Crippen molar-refractivity contribution < 1.29 is 9.59 Å². The summed E-state index contributed by atoms with van der Waals surface area (Å²) >= 11 is 6.12. The Balaban J connectivity index is 1.76. The molecule has 3 rings (SSSR count). The number of nitrogens with zero attached hydrogens (tertiary/aromatic N) is 1. The van der Waals surface area contributed by atoms with Crippen molar-refractivity contribution in [1.82, 2.24) is 15.2 Å². The zero-order valence-corrected chi connectivity index (χ0v) is 13.3. The Kier molecular flexibility index (Phi) is 4.52. The maximum Gasteiger partial charge on any atom is 0.315 e. The number of amides is 3. The van der Waals surface area contributed by atoms with Crippen LogP contribution in [0.4, 0.5) is 10.5 Å². The molecule has 8 heteroatoms. The second kappa shape index (κ2) is 6.76. The second-order valence-electron chi connectivity index (χ2n) is 5.37. The minimum Gasteiger partial charge on any atom is -0.336 e. The Labute approximate surface area is 142 Å². The lowest BCUT2D eigenvalue weighted by Crippen LogP contribution is -2.38. The van der Waals surface area contributed by atoms with Gasteiger partial charge in [0.25, 0.3) is 5.56 Å². The third kappa shape index (κ3) is 3.57. The lowest BCUT2D eigenvalue weighted by molar-refractivity contribution is -0.117. The molecule has 0 unspecified atom stereocenters. The molecule has 0 radical (unpaired) electrons. The summed E-state index contributed by atoms with van der Waals surface area (Å²) < 4.78 is 1.46. The number of hydrogen-bond acceptors (Lipinski definition) is 3. The second-order valence-corrected chi connectivity index (χ2v) is 5.78. The molecule has 1 fully saturated rings. The van der Waals surface area contributed by atoms with Gasteiger partial charge in [-0.1, -0.05) is 29.8 Å². The average molecular weight is 347 g/mol. The highest BCUT2D eigenvalue weighted by atomic mass is 35.5. The number of carbonyl (C=O) groups is 2. The molecular formula is C16H15ClN4O3. The normalized spacial score (nSPS) is 16.4. The highest BCUT2D eigenvalue weighted by Crippen LogP contribution is 2.16. The number of anilines is 1. The maximum atomic E-state index is 12.1. The lowest BCUT2D eigenvalue weighted by Gasteiger charge is -2.12. The van der Waals surface area contributed by atoms with Crippen molar-refractivity contribution in [3.05, 3.63) is 63.5 Å². The SMILES string of the molecule is O=C1NC[C@@H](C(=O)Nc2ccc(=O)n(Cc3ccccc3Cl)c2)N1. The van der Waals surface area contributed by atoms with Crippen LogP contribution in [0.15, 0.2) is 47.4 Å². The van der Waals surface area contributed by atoms with Crippen LogP contribution in [0.1, 0.15) is 5.56 Å². The molecule has 2 aromatic rings. The van der Waals surface area contributed by atoms with Crippen molar-refractivity contribution in [2.45, 2.75) is 12.6 Å². The molecule has 0 saturated carbocycles. The van der Waals surface area contributed by atoms with Crippen LogP contribution in [-0.2, 0) is 11.3 Å². The number of rotatable bonds is 4. The summed E-state index contributed by atoms with van der Waals surface area (Å²) in [4.78, 5) is 35.2. The zero-order chi connectivity index (χ0) is 17.1. The summed E-state index contributed by atoms with van der Waals surface area (Å²) in [7, 11) is 0. The molecule has 1 saturated heterocycles. The van der Waals surface area contributed by atoms with E-state index in [4.69, 9.17) is 11.6 Å². The fourth-order valence-corrected chi connectivity index (χ4v) is 2.58. The van der Waals surface area contributed by atoms with Crippen LogP contribution in [0.2, 0.25) is 5.02 Å². The average Bonchev–Trinajstić information content (AvgIpc) is 2.99. The first-order valence-electron chi connectivity index (χ1n) is 7.32. The van der Waals surface area contributed by atoms with E-state index in [0.29, 0.717) is 17.3 Å². The smallest absolute Gasteiger partial charge is 0.315 e.